The van der Waals surface area contributed by atoms with Gasteiger partial charge in [-0.3, -0.25) is 9.59 Å². The van der Waals surface area contributed by atoms with E-state index in [4.69, 9.17) is 0 Å². The molecular formula is C19H29N3O4S. The number of aryl methyl sites for hydroxylation is 1. The summed E-state index contributed by atoms with van der Waals surface area (Å²) in [5.74, 6) is -0.420. The van der Waals surface area contributed by atoms with Gasteiger partial charge >= 0.3 is 0 Å². The summed E-state index contributed by atoms with van der Waals surface area (Å²) >= 11 is 0. The Morgan fingerprint density at radius 1 is 1.11 bits per heavy atom. The first-order valence-corrected chi connectivity index (χ1v) is 10.9. The Hall–Kier alpha value is -1.93. The van der Waals surface area contributed by atoms with Crippen LogP contribution in [0.3, 0.4) is 0 Å². The lowest BCUT2D eigenvalue weighted by Gasteiger charge is -2.25. The van der Waals surface area contributed by atoms with Crippen molar-refractivity contribution in [2.24, 2.45) is 0 Å². The Morgan fingerprint density at radius 3 is 2.33 bits per heavy atom. The molecule has 0 spiro atoms. The van der Waals surface area contributed by atoms with Crippen molar-refractivity contribution in [1.29, 1.82) is 0 Å². The number of nitrogens with zero attached hydrogens (tertiary/aromatic N) is 1. The average molecular weight is 396 g/mol. The predicted octanol–water partition coefficient (Wildman–Crippen LogP) is 1.43. The Kier molecular flexibility index (Phi) is 7.79. The van der Waals surface area contributed by atoms with Crippen LogP contribution in [-0.2, 0) is 26.0 Å². The molecule has 2 N–H and O–H groups in total. The van der Waals surface area contributed by atoms with Crippen molar-refractivity contribution in [1.82, 2.24) is 14.9 Å². The van der Waals surface area contributed by atoms with Crippen LogP contribution in [0.15, 0.2) is 29.2 Å². The van der Waals surface area contributed by atoms with Gasteiger partial charge in [0.2, 0.25) is 21.8 Å². The minimum atomic E-state index is -3.43. The number of sulfonamides is 1. The summed E-state index contributed by atoms with van der Waals surface area (Å²) in [6, 6.07) is 6.13. The Balaban J connectivity index is 1.88. The van der Waals surface area contributed by atoms with Crippen molar-refractivity contribution in [2.75, 3.05) is 19.6 Å². The molecule has 1 aliphatic heterocycles. The molecule has 1 atom stereocenters. The number of hydrogen-bond donors (Lipinski definition) is 2. The highest BCUT2D eigenvalue weighted by Crippen LogP contribution is 2.21. The standard InChI is InChI=1S/C19H29N3O4S/c1-3-20-19(24)15(2)21-18(23)12-9-16-7-10-17(11-8-16)27(25,26)22-13-5-4-6-14-22/h7-8,10-11,15H,3-6,9,12-14H2,1-2H3,(H,20,24)(H,21,23)/t15-/m0/s1. The highest BCUT2D eigenvalue weighted by Gasteiger charge is 2.25. The lowest BCUT2D eigenvalue weighted by atomic mass is 10.1. The molecule has 150 valence electrons. The van der Waals surface area contributed by atoms with Crippen LogP contribution in [0, 0.1) is 0 Å². The number of nitrogens with one attached hydrogen (secondary N) is 2. The van der Waals surface area contributed by atoms with Gasteiger partial charge in [-0.25, -0.2) is 8.42 Å². The summed E-state index contributed by atoms with van der Waals surface area (Å²) in [5.41, 5.74) is 0.883. The first kappa shape index (κ1) is 21.4. The Morgan fingerprint density at radius 2 is 1.74 bits per heavy atom. The average Bonchev–Trinajstić information content (AvgIpc) is 2.67. The van der Waals surface area contributed by atoms with Gasteiger partial charge in [0.1, 0.15) is 6.04 Å². The molecule has 2 amide bonds. The molecule has 1 aromatic rings. The van der Waals surface area contributed by atoms with E-state index in [9.17, 15) is 18.0 Å². The van der Waals surface area contributed by atoms with Gasteiger partial charge in [0.15, 0.2) is 0 Å². The fourth-order valence-corrected chi connectivity index (χ4v) is 4.56. The van der Waals surface area contributed by atoms with E-state index >= 15 is 0 Å². The van der Waals surface area contributed by atoms with Gasteiger partial charge in [-0.1, -0.05) is 18.6 Å². The number of carbonyl (C=O) groups excluding carboxylic acids is 2. The van der Waals surface area contributed by atoms with Crippen LogP contribution < -0.4 is 10.6 Å². The number of piperidine rings is 1. The van der Waals surface area contributed by atoms with E-state index in [0.29, 0.717) is 31.0 Å². The third-order valence-corrected chi connectivity index (χ3v) is 6.55. The molecule has 27 heavy (non-hydrogen) atoms. The van der Waals surface area contributed by atoms with E-state index < -0.39 is 16.1 Å². The van der Waals surface area contributed by atoms with Crippen molar-refractivity contribution in [3.8, 4) is 0 Å². The van der Waals surface area contributed by atoms with Crippen molar-refractivity contribution >= 4 is 21.8 Å². The topological polar surface area (TPSA) is 95.6 Å². The molecule has 0 bridgehead atoms. The minimum Gasteiger partial charge on any atom is -0.355 e. The number of rotatable bonds is 8. The van der Waals surface area contributed by atoms with Gasteiger partial charge in [-0.05, 0) is 50.8 Å². The van der Waals surface area contributed by atoms with Crippen LogP contribution in [0.25, 0.3) is 0 Å². The van der Waals surface area contributed by atoms with E-state index in [-0.39, 0.29) is 18.2 Å². The van der Waals surface area contributed by atoms with Crippen LogP contribution in [0.4, 0.5) is 0 Å². The van der Waals surface area contributed by atoms with E-state index in [1.165, 1.54) is 0 Å². The van der Waals surface area contributed by atoms with Gasteiger partial charge in [-0.15, -0.1) is 0 Å². The smallest absolute Gasteiger partial charge is 0.243 e. The molecule has 7 nitrogen and oxygen atoms in total. The summed E-state index contributed by atoms with van der Waals surface area (Å²) in [4.78, 5) is 23.9. The van der Waals surface area contributed by atoms with Crippen molar-refractivity contribution in [3.05, 3.63) is 29.8 Å². The molecule has 2 rings (SSSR count). The summed E-state index contributed by atoms with van der Waals surface area (Å²) < 4.78 is 26.8. The number of hydrogen-bond acceptors (Lipinski definition) is 4. The van der Waals surface area contributed by atoms with Gasteiger partial charge in [-0.2, -0.15) is 4.31 Å². The van der Waals surface area contributed by atoms with Crippen molar-refractivity contribution < 1.29 is 18.0 Å². The summed E-state index contributed by atoms with van der Waals surface area (Å²) in [6.45, 7) is 5.14. The summed E-state index contributed by atoms with van der Waals surface area (Å²) in [5, 5.41) is 5.32. The van der Waals surface area contributed by atoms with Gasteiger partial charge in [0.25, 0.3) is 0 Å². The first-order chi connectivity index (χ1) is 12.8. The molecule has 1 aliphatic rings. The molecule has 0 aliphatic carbocycles. The molecule has 1 aromatic carbocycles. The normalized spacial score (nSPS) is 16.5. The zero-order chi connectivity index (χ0) is 19.9. The Labute approximate surface area is 161 Å². The third kappa shape index (κ3) is 6.04. The molecule has 8 heteroatoms. The van der Waals surface area contributed by atoms with Gasteiger partial charge < -0.3 is 10.6 Å². The predicted molar refractivity (Wildman–Crippen MR) is 104 cm³/mol. The maximum absolute atomic E-state index is 12.6. The Bertz CT molecular complexity index is 741. The highest BCUT2D eigenvalue weighted by atomic mass is 32.2. The number of likely N-dealkylation sites (N-methyl/N-ethyl adjacent to an activating group) is 1. The van der Waals surface area contributed by atoms with E-state index in [0.717, 1.165) is 24.8 Å². The summed E-state index contributed by atoms with van der Waals surface area (Å²) in [7, 11) is -3.43. The second-order valence-electron chi connectivity index (χ2n) is 6.79. The zero-order valence-corrected chi connectivity index (χ0v) is 16.8. The second kappa shape index (κ2) is 9.85. The molecule has 1 fully saturated rings. The minimum absolute atomic E-state index is 0.209. The molecule has 1 saturated heterocycles. The fraction of sp³-hybridized carbons (Fsp3) is 0.579. The SMILES string of the molecule is CCNC(=O)[C@H](C)NC(=O)CCc1ccc(S(=O)(=O)N2CCCCC2)cc1. The van der Waals surface area contributed by atoms with E-state index in [2.05, 4.69) is 10.6 Å². The van der Waals surface area contributed by atoms with Crippen molar-refractivity contribution in [3.63, 3.8) is 0 Å². The van der Waals surface area contributed by atoms with Crippen LogP contribution in [0.5, 0.6) is 0 Å². The van der Waals surface area contributed by atoms with Crippen molar-refractivity contribution in [2.45, 2.75) is 56.9 Å². The quantitative estimate of drug-likeness (QED) is 0.696. The molecular weight excluding hydrogens is 366 g/mol. The molecule has 0 aromatic heterocycles. The zero-order valence-electron chi connectivity index (χ0n) is 16.0. The summed E-state index contributed by atoms with van der Waals surface area (Å²) in [6.07, 6.45) is 3.61. The molecule has 0 saturated carbocycles. The first-order valence-electron chi connectivity index (χ1n) is 9.50. The maximum Gasteiger partial charge on any atom is 0.243 e. The molecule has 1 heterocycles. The van der Waals surface area contributed by atoms with E-state index in [1.807, 2.05) is 6.92 Å². The molecule has 0 radical (unpaired) electrons. The largest absolute Gasteiger partial charge is 0.355 e. The lowest BCUT2D eigenvalue weighted by molar-refractivity contribution is -0.128. The second-order valence-corrected chi connectivity index (χ2v) is 8.73. The van der Waals surface area contributed by atoms with E-state index in [1.54, 1.807) is 35.5 Å². The van der Waals surface area contributed by atoms with Crippen LogP contribution in [0.2, 0.25) is 0 Å². The highest BCUT2D eigenvalue weighted by molar-refractivity contribution is 7.89. The van der Waals surface area contributed by atoms with Gasteiger partial charge in [0, 0.05) is 26.1 Å². The number of amides is 2. The van der Waals surface area contributed by atoms with Gasteiger partial charge in [0.05, 0.1) is 4.90 Å². The van der Waals surface area contributed by atoms with Crippen LogP contribution >= 0.6 is 0 Å². The fourth-order valence-electron chi connectivity index (χ4n) is 3.05. The van der Waals surface area contributed by atoms with Crippen LogP contribution in [0.1, 0.15) is 45.1 Å². The lowest BCUT2D eigenvalue weighted by Crippen LogP contribution is -2.44. The monoisotopic (exact) mass is 395 g/mol. The molecule has 0 unspecified atom stereocenters. The number of carbonyl (C=O) groups is 2. The third-order valence-electron chi connectivity index (χ3n) is 4.64. The number of benzene rings is 1. The van der Waals surface area contributed by atoms with Crippen LogP contribution in [-0.4, -0.2) is 50.2 Å². The maximum atomic E-state index is 12.6.